The molecule has 0 unspecified atom stereocenters. The van der Waals surface area contributed by atoms with Crippen molar-refractivity contribution < 1.29 is 0 Å². The molecule has 3 aromatic carbocycles. The average Bonchev–Trinajstić information content (AvgIpc) is 2.74. The van der Waals surface area contributed by atoms with E-state index in [9.17, 15) is 0 Å². The van der Waals surface area contributed by atoms with Crippen LogP contribution in [0.4, 0.5) is 0 Å². The fourth-order valence-electron chi connectivity index (χ4n) is 3.23. The molecule has 0 saturated heterocycles. The Balaban J connectivity index is 0.000000570. The van der Waals surface area contributed by atoms with Crippen LogP contribution in [0.1, 0.15) is 41.5 Å². The molecule has 4 aromatic rings. The van der Waals surface area contributed by atoms with Crippen LogP contribution in [0.25, 0.3) is 44.7 Å². The minimum Gasteiger partial charge on any atom is -0.246 e. The number of fused-ring (bicyclic) bond motifs is 4. The maximum Gasteiger partial charge on any atom is 0.0788 e. The van der Waals surface area contributed by atoms with Gasteiger partial charge >= 0.3 is 0 Å². The molecular formula is C25H29N. The zero-order valence-electron chi connectivity index (χ0n) is 16.8. The van der Waals surface area contributed by atoms with Crippen molar-refractivity contribution in [2.24, 2.45) is 0 Å². The zero-order valence-corrected chi connectivity index (χ0v) is 16.8. The topological polar surface area (TPSA) is 12.9 Å². The maximum absolute atomic E-state index is 5.03. The third-order valence-electron chi connectivity index (χ3n) is 4.35. The molecule has 0 radical (unpaired) electrons. The molecule has 0 bridgehead atoms. The van der Waals surface area contributed by atoms with Gasteiger partial charge in [-0.2, -0.15) is 0 Å². The van der Waals surface area contributed by atoms with E-state index in [1.165, 1.54) is 32.0 Å². The highest BCUT2D eigenvalue weighted by Gasteiger charge is 2.05. The molecule has 0 saturated carbocycles. The van der Waals surface area contributed by atoms with E-state index >= 15 is 0 Å². The van der Waals surface area contributed by atoms with Gasteiger partial charge in [-0.25, -0.2) is 4.98 Å². The standard InChI is InChI=1S/C21H17N.2C2H6/c1-3-14-9-11-16-13-17-12-10-15-7-5-6-8-19(15)21(17)22-20(16)18(14)4-2;2*1-2/h3-13H,1-2H3;2*1-2H3/b14-3-,18-4+;;. The minimum absolute atomic E-state index is 1.09. The van der Waals surface area contributed by atoms with Gasteiger partial charge in [-0.1, -0.05) is 88.4 Å². The van der Waals surface area contributed by atoms with Crippen molar-refractivity contribution in [3.05, 3.63) is 65.0 Å². The first-order valence-corrected chi connectivity index (χ1v) is 9.66. The fraction of sp³-hybridized carbons (Fsp3) is 0.240. The van der Waals surface area contributed by atoms with E-state index in [1.54, 1.807) is 0 Å². The Morgan fingerprint density at radius 2 is 1.27 bits per heavy atom. The molecule has 1 aromatic heterocycles. The van der Waals surface area contributed by atoms with E-state index in [0.29, 0.717) is 0 Å². The third kappa shape index (κ3) is 3.48. The predicted molar refractivity (Wildman–Crippen MR) is 119 cm³/mol. The van der Waals surface area contributed by atoms with E-state index in [4.69, 9.17) is 4.98 Å². The molecule has 0 fully saturated rings. The predicted octanol–water partition coefficient (Wildman–Crippen LogP) is 6.19. The zero-order chi connectivity index (χ0) is 19.1. The summed E-state index contributed by atoms with van der Waals surface area (Å²) in [4.78, 5) is 5.03. The van der Waals surface area contributed by atoms with Crippen molar-refractivity contribution in [2.45, 2.75) is 41.5 Å². The van der Waals surface area contributed by atoms with Crippen molar-refractivity contribution in [1.82, 2.24) is 4.98 Å². The van der Waals surface area contributed by atoms with E-state index < -0.39 is 0 Å². The quantitative estimate of drug-likeness (QED) is 0.274. The molecule has 26 heavy (non-hydrogen) atoms. The van der Waals surface area contributed by atoms with Crippen molar-refractivity contribution in [1.29, 1.82) is 0 Å². The Kier molecular flexibility index (Phi) is 6.91. The molecule has 1 nitrogen and oxygen atoms in total. The van der Waals surface area contributed by atoms with Crippen LogP contribution < -0.4 is 10.4 Å². The summed E-state index contributed by atoms with van der Waals surface area (Å²) in [5, 5.41) is 7.30. The highest BCUT2D eigenvalue weighted by molar-refractivity contribution is 6.08. The van der Waals surface area contributed by atoms with Gasteiger partial charge in [0.2, 0.25) is 0 Å². The van der Waals surface area contributed by atoms with E-state index in [1.807, 2.05) is 27.7 Å². The molecule has 0 aliphatic rings. The van der Waals surface area contributed by atoms with Crippen LogP contribution in [-0.4, -0.2) is 4.98 Å². The highest BCUT2D eigenvalue weighted by atomic mass is 14.7. The summed E-state index contributed by atoms with van der Waals surface area (Å²) in [5.74, 6) is 0. The Labute approximate surface area is 156 Å². The van der Waals surface area contributed by atoms with Crippen LogP contribution >= 0.6 is 0 Å². The van der Waals surface area contributed by atoms with Crippen LogP contribution in [0.3, 0.4) is 0 Å². The summed E-state index contributed by atoms with van der Waals surface area (Å²) in [6, 6.07) is 19.4. The van der Waals surface area contributed by atoms with Gasteiger partial charge in [-0.05, 0) is 30.5 Å². The summed E-state index contributed by atoms with van der Waals surface area (Å²) in [7, 11) is 0. The van der Waals surface area contributed by atoms with Crippen LogP contribution in [0.2, 0.25) is 0 Å². The lowest BCUT2D eigenvalue weighted by atomic mass is 10.0. The highest BCUT2D eigenvalue weighted by Crippen LogP contribution is 2.25. The van der Waals surface area contributed by atoms with Crippen molar-refractivity contribution in [3.63, 3.8) is 0 Å². The number of nitrogens with zero attached hydrogens (tertiary/aromatic N) is 1. The van der Waals surface area contributed by atoms with Crippen molar-refractivity contribution in [2.75, 3.05) is 0 Å². The fourth-order valence-corrected chi connectivity index (χ4v) is 3.23. The molecule has 134 valence electrons. The number of benzene rings is 3. The lowest BCUT2D eigenvalue weighted by Gasteiger charge is -2.06. The number of hydrogen-bond donors (Lipinski definition) is 0. The molecular weight excluding hydrogens is 314 g/mol. The van der Waals surface area contributed by atoms with E-state index in [-0.39, 0.29) is 0 Å². The first kappa shape index (κ1) is 19.7. The summed E-state index contributed by atoms with van der Waals surface area (Å²) in [5.41, 5.74) is 2.17. The first-order chi connectivity index (χ1) is 12.8. The Bertz CT molecular complexity index is 1140. The van der Waals surface area contributed by atoms with Gasteiger partial charge in [0.15, 0.2) is 0 Å². The monoisotopic (exact) mass is 343 g/mol. The molecule has 0 spiro atoms. The SMILES string of the molecule is C/C=c1/ccc2cc3ccc4ccccc4c3nc2/c1=C/C.CC.CC. The first-order valence-electron chi connectivity index (χ1n) is 9.66. The van der Waals surface area contributed by atoms with Gasteiger partial charge in [-0.15, -0.1) is 0 Å². The molecule has 0 amide bonds. The summed E-state index contributed by atoms with van der Waals surface area (Å²) in [6.07, 6.45) is 4.30. The lowest BCUT2D eigenvalue weighted by Crippen LogP contribution is -2.25. The summed E-state index contributed by atoms with van der Waals surface area (Å²) in [6.45, 7) is 12.2. The summed E-state index contributed by atoms with van der Waals surface area (Å²) < 4.78 is 0. The van der Waals surface area contributed by atoms with Gasteiger partial charge in [0.05, 0.1) is 11.0 Å². The van der Waals surface area contributed by atoms with E-state index in [2.05, 4.69) is 80.6 Å². The van der Waals surface area contributed by atoms with Crippen LogP contribution in [0.5, 0.6) is 0 Å². The van der Waals surface area contributed by atoms with Gasteiger partial charge in [0, 0.05) is 21.4 Å². The molecule has 4 rings (SSSR count). The van der Waals surface area contributed by atoms with Gasteiger partial charge in [0.1, 0.15) is 0 Å². The Morgan fingerprint density at radius 1 is 0.654 bits per heavy atom. The van der Waals surface area contributed by atoms with Gasteiger partial charge < -0.3 is 0 Å². The van der Waals surface area contributed by atoms with Gasteiger partial charge in [-0.3, -0.25) is 0 Å². The van der Waals surface area contributed by atoms with Crippen LogP contribution in [-0.2, 0) is 0 Å². The molecule has 1 heterocycles. The Morgan fingerprint density at radius 3 is 1.96 bits per heavy atom. The normalized spacial score (nSPS) is 11.9. The average molecular weight is 344 g/mol. The van der Waals surface area contributed by atoms with Crippen LogP contribution in [0, 0.1) is 0 Å². The molecule has 0 atom stereocenters. The van der Waals surface area contributed by atoms with Gasteiger partial charge in [0.25, 0.3) is 0 Å². The van der Waals surface area contributed by atoms with Crippen LogP contribution in [0.15, 0.2) is 54.6 Å². The van der Waals surface area contributed by atoms with Crippen molar-refractivity contribution >= 4 is 44.7 Å². The second kappa shape index (κ2) is 9.15. The number of hydrogen-bond acceptors (Lipinski definition) is 1. The van der Waals surface area contributed by atoms with Crippen molar-refractivity contribution in [3.8, 4) is 0 Å². The minimum atomic E-state index is 1.09. The molecule has 1 heteroatoms. The summed E-state index contributed by atoms with van der Waals surface area (Å²) >= 11 is 0. The van der Waals surface area contributed by atoms with E-state index in [0.717, 1.165) is 11.0 Å². The number of aromatic nitrogens is 1. The lowest BCUT2D eigenvalue weighted by molar-refractivity contribution is 1.45. The second-order valence-electron chi connectivity index (χ2n) is 5.56. The Hall–Kier alpha value is -2.67. The largest absolute Gasteiger partial charge is 0.246 e. The smallest absolute Gasteiger partial charge is 0.0788 e. The second-order valence-corrected chi connectivity index (χ2v) is 5.56. The molecule has 0 aliphatic carbocycles. The number of rotatable bonds is 0. The number of pyridine rings is 1. The molecule has 0 aliphatic heterocycles. The third-order valence-corrected chi connectivity index (χ3v) is 4.35. The maximum atomic E-state index is 5.03. The molecule has 0 N–H and O–H groups in total.